The molecule has 3 atom stereocenters. The third kappa shape index (κ3) is 3.82. The standard InChI is InChI=1S/C16H26N4O.ClH/c1-10(15-9-20(3)19-11(15)2)17-16(21)8-12-6-13-4-5-14(7-12)18-13;/h9-10,12-14,18H,4-8H2,1-3H3,(H,17,21);1H. The highest BCUT2D eigenvalue weighted by Gasteiger charge is 2.34. The van der Waals surface area contributed by atoms with E-state index in [0.717, 1.165) is 24.1 Å². The molecule has 1 amide bonds. The number of hydrogen-bond acceptors (Lipinski definition) is 3. The molecule has 1 aromatic heterocycles. The van der Waals surface area contributed by atoms with Crippen molar-refractivity contribution in [2.24, 2.45) is 13.0 Å². The van der Waals surface area contributed by atoms with Gasteiger partial charge in [-0.2, -0.15) is 5.10 Å². The van der Waals surface area contributed by atoms with E-state index in [2.05, 4.69) is 15.7 Å². The number of carbonyl (C=O) groups is 1. The van der Waals surface area contributed by atoms with Gasteiger partial charge in [-0.25, -0.2) is 0 Å². The molecule has 5 nitrogen and oxygen atoms in total. The molecule has 2 bridgehead atoms. The second-order valence-electron chi connectivity index (χ2n) is 6.81. The lowest BCUT2D eigenvalue weighted by atomic mass is 9.89. The fourth-order valence-electron chi connectivity index (χ4n) is 4.03. The number of piperidine rings is 1. The minimum absolute atomic E-state index is 0. The number of aromatic nitrogens is 2. The second kappa shape index (κ2) is 7.01. The highest BCUT2D eigenvalue weighted by Crippen LogP contribution is 2.32. The molecular weight excluding hydrogens is 300 g/mol. The number of halogens is 1. The molecule has 2 aliphatic heterocycles. The van der Waals surface area contributed by atoms with Crippen molar-refractivity contribution in [3.8, 4) is 0 Å². The molecule has 1 aromatic rings. The first-order chi connectivity index (χ1) is 10.0. The van der Waals surface area contributed by atoms with E-state index in [9.17, 15) is 4.79 Å². The molecule has 3 rings (SSSR count). The Balaban J connectivity index is 0.00000176. The Hall–Kier alpha value is -1.07. The van der Waals surface area contributed by atoms with Gasteiger partial charge in [-0.1, -0.05) is 0 Å². The maximum Gasteiger partial charge on any atom is 0.220 e. The van der Waals surface area contributed by atoms with Gasteiger partial charge in [0.25, 0.3) is 0 Å². The Morgan fingerprint density at radius 2 is 2.09 bits per heavy atom. The summed E-state index contributed by atoms with van der Waals surface area (Å²) >= 11 is 0. The lowest BCUT2D eigenvalue weighted by molar-refractivity contribution is -0.122. The van der Waals surface area contributed by atoms with Gasteiger partial charge < -0.3 is 10.6 Å². The van der Waals surface area contributed by atoms with Crippen LogP contribution in [-0.4, -0.2) is 27.8 Å². The van der Waals surface area contributed by atoms with Crippen LogP contribution in [0.4, 0.5) is 0 Å². The third-order valence-corrected chi connectivity index (χ3v) is 4.94. The van der Waals surface area contributed by atoms with Gasteiger partial charge in [0, 0.05) is 37.3 Å². The van der Waals surface area contributed by atoms with Crippen LogP contribution in [0.5, 0.6) is 0 Å². The molecule has 2 saturated heterocycles. The number of hydrogen-bond donors (Lipinski definition) is 2. The number of nitrogens with zero attached hydrogens (tertiary/aromatic N) is 2. The summed E-state index contributed by atoms with van der Waals surface area (Å²) in [4.78, 5) is 12.3. The van der Waals surface area contributed by atoms with Crippen LogP contribution in [0.15, 0.2) is 6.20 Å². The summed E-state index contributed by atoms with van der Waals surface area (Å²) in [5.41, 5.74) is 2.10. The minimum Gasteiger partial charge on any atom is -0.349 e. The van der Waals surface area contributed by atoms with Gasteiger partial charge in [0.2, 0.25) is 5.91 Å². The highest BCUT2D eigenvalue weighted by atomic mass is 35.5. The quantitative estimate of drug-likeness (QED) is 0.892. The molecule has 2 N–H and O–H groups in total. The number of fused-ring (bicyclic) bond motifs is 2. The van der Waals surface area contributed by atoms with Crippen molar-refractivity contribution in [1.29, 1.82) is 0 Å². The molecule has 0 aromatic carbocycles. The molecule has 124 valence electrons. The summed E-state index contributed by atoms with van der Waals surface area (Å²) in [6, 6.07) is 1.34. The highest BCUT2D eigenvalue weighted by molar-refractivity contribution is 5.85. The van der Waals surface area contributed by atoms with E-state index in [4.69, 9.17) is 0 Å². The molecule has 6 heteroatoms. The van der Waals surface area contributed by atoms with Crippen molar-refractivity contribution >= 4 is 18.3 Å². The van der Waals surface area contributed by atoms with Crippen molar-refractivity contribution in [2.75, 3.05) is 0 Å². The molecule has 3 unspecified atom stereocenters. The fraction of sp³-hybridized carbons (Fsp3) is 0.750. The normalized spacial score (nSPS) is 28.0. The Bertz CT molecular complexity index is 518. The Kier molecular flexibility index (Phi) is 5.50. The largest absolute Gasteiger partial charge is 0.349 e. The van der Waals surface area contributed by atoms with Crippen LogP contribution in [0.1, 0.15) is 56.3 Å². The molecule has 3 heterocycles. The lowest BCUT2D eigenvalue weighted by Gasteiger charge is -2.29. The van der Waals surface area contributed by atoms with Gasteiger partial charge in [-0.05, 0) is 45.4 Å². The van der Waals surface area contributed by atoms with Crippen LogP contribution in [0.25, 0.3) is 0 Å². The van der Waals surface area contributed by atoms with Gasteiger partial charge in [-0.3, -0.25) is 9.48 Å². The van der Waals surface area contributed by atoms with E-state index in [1.165, 1.54) is 12.8 Å². The van der Waals surface area contributed by atoms with Crippen LogP contribution < -0.4 is 10.6 Å². The first-order valence-corrected chi connectivity index (χ1v) is 8.07. The summed E-state index contributed by atoms with van der Waals surface area (Å²) in [5.74, 6) is 0.725. The van der Waals surface area contributed by atoms with E-state index < -0.39 is 0 Å². The first-order valence-electron chi connectivity index (χ1n) is 8.07. The van der Waals surface area contributed by atoms with Gasteiger partial charge in [0.15, 0.2) is 0 Å². The van der Waals surface area contributed by atoms with Gasteiger partial charge in [0.05, 0.1) is 11.7 Å². The summed E-state index contributed by atoms with van der Waals surface area (Å²) in [5, 5.41) is 11.1. The average Bonchev–Trinajstić information content (AvgIpc) is 2.91. The zero-order valence-corrected chi connectivity index (χ0v) is 14.4. The molecule has 2 fully saturated rings. The van der Waals surface area contributed by atoms with Gasteiger partial charge in [0.1, 0.15) is 0 Å². The van der Waals surface area contributed by atoms with E-state index in [1.807, 2.05) is 27.1 Å². The smallest absolute Gasteiger partial charge is 0.220 e. The Morgan fingerprint density at radius 3 is 2.64 bits per heavy atom. The molecule has 0 radical (unpaired) electrons. The maximum atomic E-state index is 12.3. The van der Waals surface area contributed by atoms with Crippen LogP contribution in [-0.2, 0) is 11.8 Å². The summed E-state index contributed by atoms with van der Waals surface area (Å²) < 4.78 is 1.80. The van der Waals surface area contributed by atoms with Crippen molar-refractivity contribution in [1.82, 2.24) is 20.4 Å². The second-order valence-corrected chi connectivity index (χ2v) is 6.81. The van der Waals surface area contributed by atoms with Crippen LogP contribution in [0.3, 0.4) is 0 Å². The summed E-state index contributed by atoms with van der Waals surface area (Å²) in [6.07, 6.45) is 7.54. The lowest BCUT2D eigenvalue weighted by Crippen LogP contribution is -2.40. The number of carbonyl (C=O) groups excluding carboxylic acids is 1. The number of amides is 1. The maximum absolute atomic E-state index is 12.3. The number of aryl methyl sites for hydroxylation is 2. The van der Waals surface area contributed by atoms with Crippen molar-refractivity contribution in [3.63, 3.8) is 0 Å². The monoisotopic (exact) mass is 326 g/mol. The SMILES string of the molecule is Cc1nn(C)cc1C(C)NC(=O)CC1CC2CCC(C1)N2.Cl. The fourth-order valence-corrected chi connectivity index (χ4v) is 4.03. The van der Waals surface area contributed by atoms with Crippen molar-refractivity contribution < 1.29 is 4.79 Å². The van der Waals surface area contributed by atoms with Crippen LogP contribution >= 0.6 is 12.4 Å². The number of rotatable bonds is 4. The van der Waals surface area contributed by atoms with Crippen LogP contribution in [0, 0.1) is 12.8 Å². The van der Waals surface area contributed by atoms with E-state index in [1.54, 1.807) is 4.68 Å². The Morgan fingerprint density at radius 1 is 1.45 bits per heavy atom. The number of nitrogens with one attached hydrogen (secondary N) is 2. The predicted octanol–water partition coefficient (Wildman–Crippen LogP) is 2.25. The third-order valence-electron chi connectivity index (χ3n) is 4.94. The zero-order chi connectivity index (χ0) is 15.0. The minimum atomic E-state index is 0. The molecule has 2 aliphatic rings. The molecule has 0 aliphatic carbocycles. The first kappa shape index (κ1) is 17.3. The Labute approximate surface area is 138 Å². The zero-order valence-electron chi connectivity index (χ0n) is 13.6. The molecular formula is C16H27ClN4O. The molecule has 22 heavy (non-hydrogen) atoms. The average molecular weight is 327 g/mol. The van der Waals surface area contributed by atoms with Crippen molar-refractivity contribution in [3.05, 3.63) is 17.5 Å². The van der Waals surface area contributed by atoms with Crippen LogP contribution in [0.2, 0.25) is 0 Å². The van der Waals surface area contributed by atoms with Gasteiger partial charge >= 0.3 is 0 Å². The predicted molar refractivity (Wildman–Crippen MR) is 89.0 cm³/mol. The molecule has 0 spiro atoms. The van der Waals surface area contributed by atoms with E-state index in [-0.39, 0.29) is 24.4 Å². The molecule has 0 saturated carbocycles. The van der Waals surface area contributed by atoms with E-state index >= 15 is 0 Å². The summed E-state index contributed by atoms with van der Waals surface area (Å²) in [7, 11) is 1.91. The van der Waals surface area contributed by atoms with Crippen molar-refractivity contribution in [2.45, 2.75) is 64.1 Å². The topological polar surface area (TPSA) is 59.0 Å². The van der Waals surface area contributed by atoms with Gasteiger partial charge in [-0.15, -0.1) is 12.4 Å². The summed E-state index contributed by atoms with van der Waals surface area (Å²) in [6.45, 7) is 4.02. The van der Waals surface area contributed by atoms with E-state index in [0.29, 0.717) is 24.4 Å².